The third kappa shape index (κ3) is 5.84. The third-order valence-electron chi connectivity index (χ3n) is 4.71. The molecular weight excluding hydrogens is 444 g/mol. The number of fused-ring (bicyclic) bond motifs is 2. The van der Waals surface area contributed by atoms with E-state index in [0.29, 0.717) is 27.7 Å². The van der Waals surface area contributed by atoms with Crippen LogP contribution in [0.4, 0.5) is 0 Å². The minimum absolute atomic E-state index is 0.0778. The highest BCUT2D eigenvalue weighted by atomic mass is 35.5. The van der Waals surface area contributed by atoms with E-state index in [1.165, 1.54) is 0 Å². The summed E-state index contributed by atoms with van der Waals surface area (Å²) >= 11 is 6.28. The zero-order valence-electron chi connectivity index (χ0n) is 18.6. The second kappa shape index (κ2) is 10.9. The summed E-state index contributed by atoms with van der Waals surface area (Å²) in [7, 11) is 0. The second-order valence-electron chi connectivity index (χ2n) is 7.42. The van der Waals surface area contributed by atoms with Crippen molar-refractivity contribution in [1.29, 1.82) is 0 Å². The minimum Gasteiger partial charge on any atom is -0.489 e. The summed E-state index contributed by atoms with van der Waals surface area (Å²) in [4.78, 5) is 23.2. The lowest BCUT2D eigenvalue weighted by atomic mass is 10.0. The quantitative estimate of drug-likeness (QED) is 0.166. The summed E-state index contributed by atoms with van der Waals surface area (Å²) in [6.45, 7) is 10.8. The molecule has 0 aliphatic carbocycles. The van der Waals surface area contributed by atoms with Crippen LogP contribution in [0.1, 0.15) is 13.8 Å². The highest BCUT2D eigenvalue weighted by Crippen LogP contribution is 2.43. The molecule has 3 rings (SSSR count). The zero-order valence-corrected chi connectivity index (χ0v) is 19.4. The van der Waals surface area contributed by atoms with Crippen LogP contribution in [-0.2, 0) is 19.1 Å². The first-order valence-electron chi connectivity index (χ1n) is 10.3. The van der Waals surface area contributed by atoms with Gasteiger partial charge >= 0.3 is 11.9 Å². The van der Waals surface area contributed by atoms with Gasteiger partial charge in [0.15, 0.2) is 0 Å². The number of hydrogen-bond donors (Lipinski definition) is 0. The summed E-state index contributed by atoms with van der Waals surface area (Å²) in [6.07, 6.45) is 0. The molecule has 0 saturated heterocycles. The molecule has 172 valence electrons. The first-order chi connectivity index (χ1) is 15.8. The molecule has 3 aromatic carbocycles. The molecule has 3 aromatic rings. The summed E-state index contributed by atoms with van der Waals surface area (Å²) in [5, 5.41) is 3.72. The van der Waals surface area contributed by atoms with E-state index in [1.54, 1.807) is 26.0 Å². The van der Waals surface area contributed by atoms with Gasteiger partial charge in [0, 0.05) is 37.7 Å². The average Bonchev–Trinajstić information content (AvgIpc) is 2.79. The molecule has 0 atom stereocenters. The Hall–Kier alpha value is -3.51. The topological polar surface area (TPSA) is 71.1 Å². The van der Waals surface area contributed by atoms with Gasteiger partial charge in [-0.3, -0.25) is 0 Å². The van der Waals surface area contributed by atoms with Crippen LogP contribution in [0, 0.1) is 0 Å². The first kappa shape index (κ1) is 24.1. The highest BCUT2D eigenvalue weighted by molar-refractivity contribution is 6.31. The summed E-state index contributed by atoms with van der Waals surface area (Å²) in [5.74, 6) is 0.309. The number of benzene rings is 3. The number of esters is 2. The van der Waals surface area contributed by atoms with Crippen molar-refractivity contribution in [2.75, 3.05) is 26.4 Å². The van der Waals surface area contributed by atoms with E-state index >= 15 is 0 Å². The third-order valence-corrected chi connectivity index (χ3v) is 4.94. The maximum Gasteiger partial charge on any atom is 0.333 e. The van der Waals surface area contributed by atoms with E-state index < -0.39 is 11.9 Å². The van der Waals surface area contributed by atoms with Gasteiger partial charge in [-0.05, 0) is 32.0 Å². The fourth-order valence-corrected chi connectivity index (χ4v) is 3.36. The Kier molecular flexibility index (Phi) is 7.96. The molecular formula is C26H25ClO6. The standard InChI is InChI=1S/C26H25ClO6/c1-16(2)25(28)32-13-11-30-23-19-7-5-6-8-20(19)24(22-15-18(27)9-10-21(22)23)31-12-14-33-26(29)17(3)4/h5-10,15H,1,3,11-14H2,2,4H3. The van der Waals surface area contributed by atoms with Crippen molar-refractivity contribution >= 4 is 45.1 Å². The molecule has 6 nitrogen and oxygen atoms in total. The molecule has 0 saturated carbocycles. The molecule has 0 aliphatic heterocycles. The Morgan fingerprint density at radius 1 is 0.727 bits per heavy atom. The molecule has 0 N–H and O–H groups in total. The van der Waals surface area contributed by atoms with E-state index in [0.717, 1.165) is 21.5 Å². The Balaban J connectivity index is 1.92. The Morgan fingerprint density at radius 3 is 1.67 bits per heavy atom. The van der Waals surface area contributed by atoms with Gasteiger partial charge in [0.25, 0.3) is 0 Å². The smallest absolute Gasteiger partial charge is 0.333 e. The van der Waals surface area contributed by atoms with Crippen LogP contribution in [0.25, 0.3) is 21.5 Å². The lowest BCUT2D eigenvalue weighted by molar-refractivity contribution is -0.140. The van der Waals surface area contributed by atoms with Gasteiger partial charge in [-0.2, -0.15) is 0 Å². The fraction of sp³-hybridized carbons (Fsp3) is 0.231. The van der Waals surface area contributed by atoms with Crippen molar-refractivity contribution in [3.8, 4) is 11.5 Å². The molecule has 0 radical (unpaired) electrons. The number of rotatable bonds is 10. The summed E-state index contributed by atoms with van der Waals surface area (Å²) in [5.41, 5.74) is 0.657. The molecule has 0 spiro atoms. The van der Waals surface area contributed by atoms with Crippen LogP contribution >= 0.6 is 11.6 Å². The van der Waals surface area contributed by atoms with E-state index in [-0.39, 0.29) is 26.4 Å². The van der Waals surface area contributed by atoms with Gasteiger partial charge in [0.1, 0.15) is 37.9 Å². The molecule has 33 heavy (non-hydrogen) atoms. The van der Waals surface area contributed by atoms with Crippen LogP contribution < -0.4 is 9.47 Å². The predicted molar refractivity (Wildman–Crippen MR) is 129 cm³/mol. The first-order valence-corrected chi connectivity index (χ1v) is 10.7. The SMILES string of the molecule is C=C(C)C(=O)OCCOc1c2ccccc2c(OCCOC(=O)C(=C)C)c2cc(Cl)ccc12. The van der Waals surface area contributed by atoms with Crippen molar-refractivity contribution < 1.29 is 28.5 Å². The van der Waals surface area contributed by atoms with Gasteiger partial charge in [0.05, 0.1) is 0 Å². The number of halogens is 1. The summed E-state index contributed by atoms with van der Waals surface area (Å²) in [6, 6.07) is 13.1. The maximum atomic E-state index is 11.6. The van der Waals surface area contributed by atoms with E-state index in [1.807, 2.05) is 30.3 Å². The largest absolute Gasteiger partial charge is 0.489 e. The van der Waals surface area contributed by atoms with Crippen LogP contribution in [0.2, 0.25) is 5.02 Å². The monoisotopic (exact) mass is 468 g/mol. The van der Waals surface area contributed by atoms with Crippen LogP contribution in [0.15, 0.2) is 66.8 Å². The molecule has 0 aromatic heterocycles. The molecule has 0 unspecified atom stereocenters. The van der Waals surface area contributed by atoms with E-state index in [4.69, 9.17) is 30.5 Å². The zero-order chi connectivity index (χ0) is 24.0. The molecule has 0 aliphatic rings. The van der Waals surface area contributed by atoms with Gasteiger partial charge in [-0.1, -0.05) is 49.0 Å². The average molecular weight is 469 g/mol. The lowest BCUT2D eigenvalue weighted by Gasteiger charge is -2.18. The summed E-state index contributed by atoms with van der Waals surface area (Å²) < 4.78 is 22.4. The Labute approximate surface area is 197 Å². The lowest BCUT2D eigenvalue weighted by Crippen LogP contribution is -2.13. The van der Waals surface area contributed by atoms with E-state index in [9.17, 15) is 9.59 Å². The van der Waals surface area contributed by atoms with Crippen LogP contribution in [0.3, 0.4) is 0 Å². The van der Waals surface area contributed by atoms with E-state index in [2.05, 4.69) is 13.2 Å². The van der Waals surface area contributed by atoms with Crippen molar-refractivity contribution in [1.82, 2.24) is 0 Å². The van der Waals surface area contributed by atoms with Crippen LogP contribution in [0.5, 0.6) is 11.5 Å². The fourth-order valence-electron chi connectivity index (χ4n) is 3.19. The molecule has 0 bridgehead atoms. The van der Waals surface area contributed by atoms with Gasteiger partial charge < -0.3 is 18.9 Å². The molecule has 0 heterocycles. The second-order valence-corrected chi connectivity index (χ2v) is 7.86. The van der Waals surface area contributed by atoms with Crippen molar-refractivity contribution in [3.05, 3.63) is 71.8 Å². The highest BCUT2D eigenvalue weighted by Gasteiger charge is 2.17. The van der Waals surface area contributed by atoms with Gasteiger partial charge in [-0.15, -0.1) is 0 Å². The number of hydrogen-bond acceptors (Lipinski definition) is 6. The number of carbonyl (C=O) groups is 2. The molecule has 0 fully saturated rings. The van der Waals surface area contributed by atoms with Crippen molar-refractivity contribution in [3.63, 3.8) is 0 Å². The minimum atomic E-state index is -0.465. The maximum absolute atomic E-state index is 11.6. The normalized spacial score (nSPS) is 10.6. The van der Waals surface area contributed by atoms with Crippen LogP contribution in [-0.4, -0.2) is 38.4 Å². The number of ether oxygens (including phenoxy) is 4. The van der Waals surface area contributed by atoms with Gasteiger partial charge in [-0.25, -0.2) is 9.59 Å². The Bertz CT molecular complexity index is 1230. The molecule has 0 amide bonds. The van der Waals surface area contributed by atoms with Crippen molar-refractivity contribution in [2.45, 2.75) is 13.8 Å². The van der Waals surface area contributed by atoms with Gasteiger partial charge in [0.2, 0.25) is 0 Å². The number of carbonyl (C=O) groups excluding carboxylic acids is 2. The Morgan fingerprint density at radius 2 is 1.18 bits per heavy atom. The van der Waals surface area contributed by atoms with Crippen molar-refractivity contribution in [2.24, 2.45) is 0 Å². The predicted octanol–water partition coefficient (Wildman–Crippen LogP) is 5.64. The molecule has 7 heteroatoms.